The second-order valence-corrected chi connectivity index (χ2v) is 4.45. The Balaban J connectivity index is 2.07. The van der Waals surface area contributed by atoms with Crippen molar-refractivity contribution < 1.29 is 9.53 Å². The molecule has 1 aliphatic heterocycles. The number of rotatable bonds is 1. The molecule has 1 aromatic heterocycles. The molecule has 3 rings (SSSR count). The molecule has 0 saturated carbocycles. The van der Waals surface area contributed by atoms with Crippen molar-refractivity contribution in [1.82, 2.24) is 9.97 Å². The summed E-state index contributed by atoms with van der Waals surface area (Å²) in [5, 5.41) is 0. The van der Waals surface area contributed by atoms with E-state index in [2.05, 4.69) is 9.97 Å². The van der Waals surface area contributed by atoms with Gasteiger partial charge in [-0.2, -0.15) is 4.98 Å². The number of nitrogen functional groups attached to an aromatic ring is 2. The van der Waals surface area contributed by atoms with Crippen LogP contribution in [0.3, 0.4) is 0 Å². The van der Waals surface area contributed by atoms with Crippen LogP contribution in [0.15, 0.2) is 24.4 Å². The van der Waals surface area contributed by atoms with Gasteiger partial charge in [-0.05, 0) is 17.7 Å². The molecule has 0 fully saturated rings. The number of carbonyl (C=O) groups is 1. The maximum atomic E-state index is 11.6. The maximum Gasteiger partial charge on any atom is 0.264 e. The van der Waals surface area contributed by atoms with Crippen LogP contribution < -0.4 is 21.1 Å². The first-order valence-corrected chi connectivity index (χ1v) is 5.98. The Labute approximate surface area is 115 Å². The first-order chi connectivity index (χ1) is 9.56. The predicted molar refractivity (Wildman–Crippen MR) is 75.2 cm³/mol. The number of nitrogens with two attached hydrogens (primary N) is 2. The summed E-state index contributed by atoms with van der Waals surface area (Å²) >= 11 is 0. The average Bonchev–Trinajstić information content (AvgIpc) is 2.43. The second kappa shape index (κ2) is 4.37. The van der Waals surface area contributed by atoms with Gasteiger partial charge in [-0.15, -0.1) is 0 Å². The third kappa shape index (κ3) is 1.89. The van der Waals surface area contributed by atoms with Gasteiger partial charge in [-0.25, -0.2) is 4.98 Å². The van der Waals surface area contributed by atoms with Crippen molar-refractivity contribution in [1.29, 1.82) is 0 Å². The van der Waals surface area contributed by atoms with Crippen LogP contribution >= 0.6 is 0 Å². The smallest absolute Gasteiger partial charge is 0.264 e. The van der Waals surface area contributed by atoms with E-state index < -0.39 is 0 Å². The summed E-state index contributed by atoms with van der Waals surface area (Å²) in [4.78, 5) is 21.0. The SMILES string of the molecule is CN1C(=O)COc2cc(-c3cnc(N)nc3N)ccc21. The van der Waals surface area contributed by atoms with Crippen LogP contribution in [0.5, 0.6) is 5.75 Å². The molecule has 0 spiro atoms. The van der Waals surface area contributed by atoms with Crippen LogP contribution in [0.2, 0.25) is 0 Å². The van der Waals surface area contributed by atoms with Crippen molar-refractivity contribution in [3.05, 3.63) is 24.4 Å². The monoisotopic (exact) mass is 271 g/mol. The Morgan fingerprint density at radius 3 is 2.90 bits per heavy atom. The molecule has 20 heavy (non-hydrogen) atoms. The highest BCUT2D eigenvalue weighted by Crippen LogP contribution is 2.36. The number of hydrogen-bond acceptors (Lipinski definition) is 6. The molecule has 4 N–H and O–H groups in total. The van der Waals surface area contributed by atoms with Crippen LogP contribution in [0, 0.1) is 0 Å². The highest BCUT2D eigenvalue weighted by atomic mass is 16.5. The van der Waals surface area contributed by atoms with Crippen LogP contribution in [0.1, 0.15) is 0 Å². The number of ether oxygens (including phenoxy) is 1. The Kier molecular flexibility index (Phi) is 2.67. The zero-order valence-corrected chi connectivity index (χ0v) is 10.8. The van der Waals surface area contributed by atoms with Crippen molar-refractivity contribution in [2.75, 3.05) is 30.0 Å². The number of amides is 1. The van der Waals surface area contributed by atoms with E-state index in [1.54, 1.807) is 24.2 Å². The minimum atomic E-state index is -0.0828. The average molecular weight is 271 g/mol. The van der Waals surface area contributed by atoms with Crippen LogP contribution in [-0.4, -0.2) is 29.5 Å². The van der Waals surface area contributed by atoms with Gasteiger partial charge >= 0.3 is 0 Å². The Bertz CT molecular complexity index is 701. The molecule has 102 valence electrons. The minimum Gasteiger partial charge on any atom is -0.482 e. The molecule has 0 unspecified atom stereocenters. The van der Waals surface area contributed by atoms with Gasteiger partial charge in [0.2, 0.25) is 5.95 Å². The Hall–Kier alpha value is -2.83. The molecule has 2 heterocycles. The summed E-state index contributed by atoms with van der Waals surface area (Å²) in [6.07, 6.45) is 1.57. The first kappa shape index (κ1) is 12.2. The summed E-state index contributed by atoms with van der Waals surface area (Å²) in [5.74, 6) is 0.977. The van der Waals surface area contributed by atoms with Crippen molar-refractivity contribution in [2.24, 2.45) is 0 Å². The first-order valence-electron chi connectivity index (χ1n) is 5.98. The third-order valence-corrected chi connectivity index (χ3v) is 3.19. The molecule has 2 aromatic rings. The number of nitrogens with zero attached hydrogens (tertiary/aromatic N) is 3. The van der Waals surface area contributed by atoms with Gasteiger partial charge in [0, 0.05) is 18.8 Å². The summed E-state index contributed by atoms with van der Waals surface area (Å²) < 4.78 is 5.43. The number of likely N-dealkylation sites (N-methyl/N-ethyl adjacent to an activating group) is 1. The lowest BCUT2D eigenvalue weighted by Crippen LogP contribution is -2.35. The summed E-state index contributed by atoms with van der Waals surface area (Å²) in [5.41, 5.74) is 13.5. The standard InChI is InChI=1S/C13H13N5O2/c1-18-9-3-2-7(4-10(9)20-6-11(18)19)8-5-16-13(15)17-12(8)14/h2-5H,6H2,1H3,(H4,14,15,16,17). The van der Waals surface area contributed by atoms with Gasteiger partial charge in [-0.3, -0.25) is 4.79 Å². The normalized spacial score (nSPS) is 13.8. The fourth-order valence-electron chi connectivity index (χ4n) is 2.08. The molecule has 1 aromatic carbocycles. The van der Waals surface area contributed by atoms with Gasteiger partial charge in [0.15, 0.2) is 6.61 Å². The molecule has 1 aliphatic rings. The van der Waals surface area contributed by atoms with E-state index in [0.717, 1.165) is 11.3 Å². The van der Waals surface area contributed by atoms with E-state index >= 15 is 0 Å². The molecule has 0 bridgehead atoms. The quantitative estimate of drug-likeness (QED) is 0.789. The lowest BCUT2D eigenvalue weighted by atomic mass is 10.1. The van der Waals surface area contributed by atoms with Crippen molar-refractivity contribution in [3.63, 3.8) is 0 Å². The van der Waals surface area contributed by atoms with E-state index in [0.29, 0.717) is 17.1 Å². The summed E-state index contributed by atoms with van der Waals surface area (Å²) in [6.45, 7) is 0.0284. The van der Waals surface area contributed by atoms with Crippen LogP contribution in [0.25, 0.3) is 11.1 Å². The number of aromatic nitrogens is 2. The zero-order valence-electron chi connectivity index (χ0n) is 10.8. The number of benzene rings is 1. The van der Waals surface area contributed by atoms with E-state index in [9.17, 15) is 4.79 Å². The number of hydrogen-bond donors (Lipinski definition) is 2. The van der Waals surface area contributed by atoms with E-state index in [4.69, 9.17) is 16.2 Å². The summed E-state index contributed by atoms with van der Waals surface area (Å²) in [7, 11) is 1.71. The third-order valence-electron chi connectivity index (χ3n) is 3.19. The van der Waals surface area contributed by atoms with Gasteiger partial charge < -0.3 is 21.1 Å². The van der Waals surface area contributed by atoms with Crippen molar-refractivity contribution in [2.45, 2.75) is 0 Å². The van der Waals surface area contributed by atoms with Crippen LogP contribution in [-0.2, 0) is 4.79 Å². The number of carbonyl (C=O) groups excluding carboxylic acids is 1. The fraction of sp³-hybridized carbons (Fsp3) is 0.154. The predicted octanol–water partition coefficient (Wildman–Crippen LogP) is 0.663. The molecule has 0 radical (unpaired) electrons. The van der Waals surface area contributed by atoms with E-state index in [1.807, 2.05) is 12.1 Å². The Morgan fingerprint density at radius 1 is 1.35 bits per heavy atom. The number of anilines is 3. The number of fused-ring (bicyclic) bond motifs is 1. The van der Waals surface area contributed by atoms with Gasteiger partial charge in [-0.1, -0.05) is 6.07 Å². The highest BCUT2D eigenvalue weighted by molar-refractivity contribution is 5.98. The fourth-order valence-corrected chi connectivity index (χ4v) is 2.08. The molecular weight excluding hydrogens is 258 g/mol. The van der Waals surface area contributed by atoms with Crippen molar-refractivity contribution >= 4 is 23.4 Å². The zero-order chi connectivity index (χ0) is 14.3. The molecule has 0 aliphatic carbocycles. The Morgan fingerprint density at radius 2 is 2.15 bits per heavy atom. The van der Waals surface area contributed by atoms with Gasteiger partial charge in [0.25, 0.3) is 5.91 Å². The lowest BCUT2D eigenvalue weighted by molar-refractivity contribution is -0.120. The summed E-state index contributed by atoms with van der Waals surface area (Å²) in [6, 6.07) is 5.45. The topological polar surface area (TPSA) is 107 Å². The van der Waals surface area contributed by atoms with Crippen molar-refractivity contribution in [3.8, 4) is 16.9 Å². The molecule has 7 nitrogen and oxygen atoms in total. The van der Waals surface area contributed by atoms with E-state index in [1.165, 1.54) is 0 Å². The van der Waals surface area contributed by atoms with Crippen LogP contribution in [0.4, 0.5) is 17.5 Å². The maximum absolute atomic E-state index is 11.6. The largest absolute Gasteiger partial charge is 0.482 e. The lowest BCUT2D eigenvalue weighted by Gasteiger charge is -2.26. The van der Waals surface area contributed by atoms with E-state index in [-0.39, 0.29) is 18.5 Å². The molecule has 7 heteroatoms. The van der Waals surface area contributed by atoms with Gasteiger partial charge in [0.05, 0.1) is 5.69 Å². The van der Waals surface area contributed by atoms with Gasteiger partial charge in [0.1, 0.15) is 11.6 Å². The molecule has 1 amide bonds. The molecule has 0 atom stereocenters. The second-order valence-electron chi connectivity index (χ2n) is 4.45. The highest BCUT2D eigenvalue weighted by Gasteiger charge is 2.22. The minimum absolute atomic E-state index is 0.0284. The molecule has 0 saturated heterocycles. The molecular formula is C13H13N5O2.